The zero-order valence-electron chi connectivity index (χ0n) is 12.4. The number of aryl methyl sites for hydroxylation is 1. The summed E-state index contributed by atoms with van der Waals surface area (Å²) < 4.78 is 10.5. The molecule has 1 heterocycles. The van der Waals surface area contributed by atoms with Gasteiger partial charge in [-0.25, -0.2) is 0 Å². The molecule has 0 aromatic carbocycles. The number of hydrogen-bond acceptors (Lipinski definition) is 4. The van der Waals surface area contributed by atoms with Crippen molar-refractivity contribution in [3.8, 4) is 0 Å². The van der Waals surface area contributed by atoms with Crippen molar-refractivity contribution in [1.29, 1.82) is 0 Å². The zero-order valence-corrected chi connectivity index (χ0v) is 13.2. The van der Waals surface area contributed by atoms with Gasteiger partial charge in [-0.3, -0.25) is 0 Å². The lowest BCUT2D eigenvalue weighted by Crippen LogP contribution is -2.32. The second-order valence-electron chi connectivity index (χ2n) is 4.57. The average Bonchev–Trinajstić information content (AvgIpc) is 2.86. The minimum Gasteiger partial charge on any atom is -0.382 e. The number of hydrogen-bond donors (Lipinski definition) is 1. The Morgan fingerprint density at radius 3 is 2.58 bits per heavy atom. The third-order valence-corrected chi connectivity index (χ3v) is 4.30. The van der Waals surface area contributed by atoms with Crippen LogP contribution in [0.1, 0.15) is 30.0 Å². The second kappa shape index (κ2) is 10.4. The summed E-state index contributed by atoms with van der Waals surface area (Å²) >= 11 is 1.93. The van der Waals surface area contributed by atoms with Crippen LogP contribution in [0.4, 0.5) is 0 Å². The standard InChI is InChI=1S/C15H27NO2S/c1-4-14-6-7-15(19-14)12-13(16-5-2)8-9-18-11-10-17-3/h6-7,13,16H,4-5,8-12H2,1-3H3. The van der Waals surface area contributed by atoms with E-state index in [0.29, 0.717) is 19.3 Å². The van der Waals surface area contributed by atoms with Crippen LogP contribution in [0.5, 0.6) is 0 Å². The fraction of sp³-hybridized carbons (Fsp3) is 0.733. The summed E-state index contributed by atoms with van der Waals surface area (Å²) in [6.45, 7) is 7.54. The molecule has 0 aliphatic carbocycles. The predicted molar refractivity (Wildman–Crippen MR) is 82.2 cm³/mol. The molecule has 110 valence electrons. The summed E-state index contributed by atoms with van der Waals surface area (Å²) in [6, 6.07) is 5.02. The molecule has 1 unspecified atom stereocenters. The molecule has 1 rings (SSSR count). The number of rotatable bonds is 11. The quantitative estimate of drug-likeness (QED) is 0.634. The highest BCUT2D eigenvalue weighted by atomic mass is 32.1. The van der Waals surface area contributed by atoms with Crippen LogP contribution >= 0.6 is 11.3 Å². The normalized spacial score (nSPS) is 12.8. The van der Waals surface area contributed by atoms with Crippen molar-refractivity contribution in [3.63, 3.8) is 0 Å². The Morgan fingerprint density at radius 2 is 1.95 bits per heavy atom. The van der Waals surface area contributed by atoms with Gasteiger partial charge >= 0.3 is 0 Å². The van der Waals surface area contributed by atoms with Crippen LogP contribution in [0.25, 0.3) is 0 Å². The van der Waals surface area contributed by atoms with Gasteiger partial charge in [-0.2, -0.15) is 0 Å². The topological polar surface area (TPSA) is 30.5 Å². The molecule has 0 radical (unpaired) electrons. The van der Waals surface area contributed by atoms with Crippen molar-refractivity contribution in [1.82, 2.24) is 5.32 Å². The lowest BCUT2D eigenvalue weighted by molar-refractivity contribution is 0.0659. The van der Waals surface area contributed by atoms with Crippen molar-refractivity contribution in [2.45, 2.75) is 39.2 Å². The van der Waals surface area contributed by atoms with Gasteiger partial charge in [0, 0.05) is 29.5 Å². The van der Waals surface area contributed by atoms with Crippen LogP contribution in [-0.4, -0.2) is 39.5 Å². The van der Waals surface area contributed by atoms with E-state index in [2.05, 4.69) is 31.3 Å². The first kappa shape index (κ1) is 16.6. The van der Waals surface area contributed by atoms with Crippen molar-refractivity contribution in [2.24, 2.45) is 0 Å². The molecule has 0 saturated heterocycles. The molecule has 1 aromatic heterocycles. The first-order valence-electron chi connectivity index (χ1n) is 7.17. The van der Waals surface area contributed by atoms with E-state index in [0.717, 1.165) is 32.4 Å². The largest absolute Gasteiger partial charge is 0.382 e. The van der Waals surface area contributed by atoms with Gasteiger partial charge in [0.25, 0.3) is 0 Å². The Balaban J connectivity index is 2.30. The smallest absolute Gasteiger partial charge is 0.0700 e. The molecular formula is C15H27NO2S. The number of likely N-dealkylation sites (N-methyl/N-ethyl adjacent to an activating group) is 1. The van der Waals surface area contributed by atoms with Crippen LogP contribution in [0.2, 0.25) is 0 Å². The van der Waals surface area contributed by atoms with E-state index < -0.39 is 0 Å². The maximum Gasteiger partial charge on any atom is 0.0700 e. The van der Waals surface area contributed by atoms with Gasteiger partial charge in [-0.15, -0.1) is 11.3 Å². The third-order valence-electron chi connectivity index (χ3n) is 3.05. The summed E-state index contributed by atoms with van der Waals surface area (Å²) in [5.41, 5.74) is 0. The number of thiophene rings is 1. The van der Waals surface area contributed by atoms with Crippen molar-refractivity contribution in [3.05, 3.63) is 21.9 Å². The lowest BCUT2D eigenvalue weighted by atomic mass is 10.1. The molecule has 0 amide bonds. The van der Waals surface area contributed by atoms with Gasteiger partial charge in [0.05, 0.1) is 13.2 Å². The maximum atomic E-state index is 5.55. The van der Waals surface area contributed by atoms with Crippen LogP contribution in [0.3, 0.4) is 0 Å². The molecule has 0 fully saturated rings. The van der Waals surface area contributed by atoms with Crippen LogP contribution < -0.4 is 5.32 Å². The minimum atomic E-state index is 0.510. The van der Waals surface area contributed by atoms with Crippen molar-refractivity contribution < 1.29 is 9.47 Å². The summed E-state index contributed by atoms with van der Waals surface area (Å²) in [5.74, 6) is 0. The minimum absolute atomic E-state index is 0.510. The Kier molecular flexibility index (Phi) is 9.08. The van der Waals surface area contributed by atoms with E-state index in [1.165, 1.54) is 9.75 Å². The van der Waals surface area contributed by atoms with E-state index >= 15 is 0 Å². The van der Waals surface area contributed by atoms with Crippen LogP contribution in [0, 0.1) is 0 Å². The van der Waals surface area contributed by atoms with Gasteiger partial charge in [0.15, 0.2) is 0 Å². The summed E-state index contributed by atoms with van der Waals surface area (Å²) in [7, 11) is 1.70. The Bertz CT molecular complexity index is 328. The maximum absolute atomic E-state index is 5.55. The Labute approximate surface area is 121 Å². The zero-order chi connectivity index (χ0) is 13.9. The van der Waals surface area contributed by atoms with Crippen molar-refractivity contribution >= 4 is 11.3 Å². The van der Waals surface area contributed by atoms with E-state index in [4.69, 9.17) is 9.47 Å². The number of ether oxygens (including phenoxy) is 2. The first-order chi connectivity index (χ1) is 9.30. The number of nitrogens with one attached hydrogen (secondary N) is 1. The summed E-state index contributed by atoms with van der Waals surface area (Å²) in [4.78, 5) is 2.95. The molecule has 19 heavy (non-hydrogen) atoms. The summed E-state index contributed by atoms with van der Waals surface area (Å²) in [5, 5.41) is 3.54. The van der Waals surface area contributed by atoms with E-state index in [9.17, 15) is 0 Å². The molecule has 0 bridgehead atoms. The highest BCUT2D eigenvalue weighted by molar-refractivity contribution is 7.11. The summed E-state index contributed by atoms with van der Waals surface area (Å²) in [6.07, 6.45) is 3.29. The molecule has 0 saturated carbocycles. The number of methoxy groups -OCH3 is 1. The molecule has 0 spiro atoms. The highest BCUT2D eigenvalue weighted by Gasteiger charge is 2.10. The molecule has 4 heteroatoms. The Morgan fingerprint density at radius 1 is 1.16 bits per heavy atom. The fourth-order valence-electron chi connectivity index (χ4n) is 2.00. The lowest BCUT2D eigenvalue weighted by Gasteiger charge is -2.17. The molecular weight excluding hydrogens is 258 g/mol. The molecule has 1 aromatic rings. The molecule has 0 aliphatic rings. The van der Waals surface area contributed by atoms with E-state index in [1.807, 2.05) is 11.3 Å². The van der Waals surface area contributed by atoms with Crippen molar-refractivity contribution in [2.75, 3.05) is 33.5 Å². The van der Waals surface area contributed by atoms with E-state index in [-0.39, 0.29) is 0 Å². The highest BCUT2D eigenvalue weighted by Crippen LogP contribution is 2.19. The monoisotopic (exact) mass is 285 g/mol. The predicted octanol–water partition coefficient (Wildman–Crippen LogP) is 2.88. The Hall–Kier alpha value is -0.420. The van der Waals surface area contributed by atoms with Gasteiger partial charge in [0.2, 0.25) is 0 Å². The molecule has 3 nitrogen and oxygen atoms in total. The molecule has 1 atom stereocenters. The average molecular weight is 285 g/mol. The molecule has 0 aliphatic heterocycles. The second-order valence-corrected chi connectivity index (χ2v) is 5.83. The van der Waals surface area contributed by atoms with Gasteiger partial charge in [-0.05, 0) is 37.9 Å². The third kappa shape index (κ3) is 7.06. The van der Waals surface area contributed by atoms with Gasteiger partial charge in [-0.1, -0.05) is 13.8 Å². The molecule has 1 N–H and O–H groups in total. The first-order valence-corrected chi connectivity index (χ1v) is 7.99. The SMILES string of the molecule is CCNC(CCOCCOC)Cc1ccc(CC)s1. The van der Waals surface area contributed by atoms with Crippen LogP contribution in [0.15, 0.2) is 12.1 Å². The van der Waals surface area contributed by atoms with Crippen LogP contribution in [-0.2, 0) is 22.3 Å². The van der Waals surface area contributed by atoms with Gasteiger partial charge in [0.1, 0.15) is 0 Å². The fourth-order valence-corrected chi connectivity index (χ4v) is 3.04. The van der Waals surface area contributed by atoms with Gasteiger partial charge < -0.3 is 14.8 Å². The van der Waals surface area contributed by atoms with E-state index in [1.54, 1.807) is 7.11 Å².